The molecule has 2 aliphatic rings. The van der Waals surface area contributed by atoms with E-state index in [-0.39, 0.29) is 0 Å². The average molecular weight is 196 g/mol. The van der Waals surface area contributed by atoms with E-state index in [1.807, 2.05) is 0 Å². The average Bonchev–Trinajstić information content (AvgIpc) is 2.57. The summed E-state index contributed by atoms with van der Waals surface area (Å²) >= 11 is 0. The van der Waals surface area contributed by atoms with Crippen LogP contribution in [-0.2, 0) is 0 Å². The van der Waals surface area contributed by atoms with Crippen LogP contribution in [0.5, 0.6) is 0 Å². The molecular weight excluding hydrogens is 172 g/mol. The molecule has 2 heteroatoms. The second-order valence-electron chi connectivity index (χ2n) is 5.31. The lowest BCUT2D eigenvalue weighted by Crippen LogP contribution is -2.40. The lowest BCUT2D eigenvalue weighted by Gasteiger charge is -2.24. The molecule has 2 N–H and O–H groups in total. The largest absolute Gasteiger partial charge is 0.313 e. The maximum Gasteiger partial charge on any atom is 0.0198 e. The minimum atomic E-state index is 0.624. The molecule has 2 nitrogen and oxygen atoms in total. The molecular formula is C12H24N2. The molecule has 3 atom stereocenters. The summed E-state index contributed by atoms with van der Waals surface area (Å²) in [7, 11) is 0. The summed E-state index contributed by atoms with van der Waals surface area (Å²) in [5.41, 5.74) is 0. The Kier molecular flexibility index (Phi) is 3.45. The zero-order chi connectivity index (χ0) is 9.97. The van der Waals surface area contributed by atoms with Crippen molar-refractivity contribution in [2.24, 2.45) is 5.92 Å². The van der Waals surface area contributed by atoms with Crippen LogP contribution >= 0.6 is 0 Å². The molecule has 0 bridgehead atoms. The molecule has 0 aromatic rings. The van der Waals surface area contributed by atoms with Gasteiger partial charge in [-0.25, -0.2) is 0 Å². The molecule has 14 heavy (non-hydrogen) atoms. The highest BCUT2D eigenvalue weighted by Gasteiger charge is 2.34. The third-order valence-corrected chi connectivity index (χ3v) is 3.72. The summed E-state index contributed by atoms with van der Waals surface area (Å²) in [6.07, 6.45) is 7.20. The summed E-state index contributed by atoms with van der Waals surface area (Å²) in [6, 6.07) is 2.22. The first kappa shape index (κ1) is 10.4. The lowest BCUT2D eigenvalue weighted by atomic mass is 9.85. The van der Waals surface area contributed by atoms with Crippen molar-refractivity contribution in [2.75, 3.05) is 6.54 Å². The topological polar surface area (TPSA) is 24.1 Å². The number of hydrogen-bond donors (Lipinski definition) is 2. The van der Waals surface area contributed by atoms with Crippen LogP contribution in [0.25, 0.3) is 0 Å². The fourth-order valence-electron chi connectivity index (χ4n) is 2.97. The molecule has 1 saturated carbocycles. The lowest BCUT2D eigenvalue weighted by molar-refractivity contribution is 0.325. The molecule has 82 valence electrons. The molecule has 3 unspecified atom stereocenters. The molecule has 1 aliphatic heterocycles. The SMILES string of the molecule is CC(C)NCC1CC2CCCCC2N1. The zero-order valence-electron chi connectivity index (χ0n) is 9.55. The van der Waals surface area contributed by atoms with Crippen LogP contribution in [0.2, 0.25) is 0 Å². The van der Waals surface area contributed by atoms with E-state index in [9.17, 15) is 0 Å². The Balaban J connectivity index is 1.75. The Hall–Kier alpha value is -0.0800. The Morgan fingerprint density at radius 3 is 2.79 bits per heavy atom. The van der Waals surface area contributed by atoms with Gasteiger partial charge in [-0.1, -0.05) is 26.7 Å². The van der Waals surface area contributed by atoms with Gasteiger partial charge < -0.3 is 10.6 Å². The van der Waals surface area contributed by atoms with Crippen molar-refractivity contribution in [1.82, 2.24) is 10.6 Å². The molecule has 1 aliphatic carbocycles. The van der Waals surface area contributed by atoms with E-state index in [0.29, 0.717) is 6.04 Å². The van der Waals surface area contributed by atoms with Crippen LogP contribution in [0.1, 0.15) is 46.0 Å². The van der Waals surface area contributed by atoms with Gasteiger partial charge in [-0.05, 0) is 25.2 Å². The van der Waals surface area contributed by atoms with Crippen LogP contribution in [0.15, 0.2) is 0 Å². The van der Waals surface area contributed by atoms with E-state index in [1.54, 1.807) is 0 Å². The fraction of sp³-hybridized carbons (Fsp3) is 1.00. The third-order valence-electron chi connectivity index (χ3n) is 3.72. The summed E-state index contributed by atoms with van der Waals surface area (Å²) in [4.78, 5) is 0. The minimum Gasteiger partial charge on any atom is -0.313 e. The van der Waals surface area contributed by atoms with Gasteiger partial charge in [-0.15, -0.1) is 0 Å². The first-order valence-corrected chi connectivity index (χ1v) is 6.25. The predicted molar refractivity (Wildman–Crippen MR) is 60.4 cm³/mol. The standard InChI is InChI=1S/C12H24N2/c1-9(2)13-8-11-7-10-5-3-4-6-12(10)14-11/h9-14H,3-8H2,1-2H3. The molecule has 2 rings (SSSR count). The van der Waals surface area contributed by atoms with Crippen molar-refractivity contribution in [2.45, 2.75) is 64.1 Å². The maximum atomic E-state index is 3.79. The Morgan fingerprint density at radius 1 is 1.29 bits per heavy atom. The van der Waals surface area contributed by atoms with Gasteiger partial charge in [0.25, 0.3) is 0 Å². The van der Waals surface area contributed by atoms with Gasteiger partial charge in [0.05, 0.1) is 0 Å². The maximum absolute atomic E-state index is 3.79. The fourth-order valence-corrected chi connectivity index (χ4v) is 2.97. The minimum absolute atomic E-state index is 0.624. The van der Waals surface area contributed by atoms with E-state index in [4.69, 9.17) is 0 Å². The number of fused-ring (bicyclic) bond motifs is 1. The highest BCUT2D eigenvalue weighted by Crippen LogP contribution is 2.32. The molecule has 2 fully saturated rings. The highest BCUT2D eigenvalue weighted by molar-refractivity contribution is 4.93. The number of rotatable bonds is 3. The first-order chi connectivity index (χ1) is 6.75. The second kappa shape index (κ2) is 4.63. The number of hydrogen-bond acceptors (Lipinski definition) is 2. The van der Waals surface area contributed by atoms with Crippen molar-refractivity contribution < 1.29 is 0 Å². The summed E-state index contributed by atoms with van der Waals surface area (Å²) in [5, 5.41) is 7.32. The number of nitrogens with one attached hydrogen (secondary N) is 2. The van der Waals surface area contributed by atoms with Crippen LogP contribution in [-0.4, -0.2) is 24.7 Å². The van der Waals surface area contributed by atoms with Crippen LogP contribution in [0.4, 0.5) is 0 Å². The van der Waals surface area contributed by atoms with Gasteiger partial charge in [-0.3, -0.25) is 0 Å². The molecule has 0 aromatic carbocycles. The summed E-state index contributed by atoms with van der Waals surface area (Å²) < 4.78 is 0. The highest BCUT2D eigenvalue weighted by atomic mass is 15.0. The molecule has 0 radical (unpaired) electrons. The van der Waals surface area contributed by atoms with Crippen molar-refractivity contribution in [3.05, 3.63) is 0 Å². The molecule has 1 heterocycles. The van der Waals surface area contributed by atoms with E-state index in [2.05, 4.69) is 24.5 Å². The quantitative estimate of drug-likeness (QED) is 0.720. The van der Waals surface area contributed by atoms with Gasteiger partial charge in [0.1, 0.15) is 0 Å². The zero-order valence-corrected chi connectivity index (χ0v) is 9.55. The normalized spacial score (nSPS) is 37.5. The van der Waals surface area contributed by atoms with Gasteiger partial charge in [0, 0.05) is 24.7 Å². The summed E-state index contributed by atoms with van der Waals surface area (Å²) in [5.74, 6) is 0.989. The van der Waals surface area contributed by atoms with E-state index < -0.39 is 0 Å². The van der Waals surface area contributed by atoms with Crippen LogP contribution < -0.4 is 10.6 Å². The van der Waals surface area contributed by atoms with Crippen molar-refractivity contribution >= 4 is 0 Å². The van der Waals surface area contributed by atoms with Crippen LogP contribution in [0.3, 0.4) is 0 Å². The third kappa shape index (κ3) is 2.48. The Morgan fingerprint density at radius 2 is 2.07 bits per heavy atom. The molecule has 1 saturated heterocycles. The van der Waals surface area contributed by atoms with Crippen molar-refractivity contribution in [3.8, 4) is 0 Å². The van der Waals surface area contributed by atoms with Crippen LogP contribution in [0, 0.1) is 5.92 Å². The molecule has 0 aromatic heterocycles. The monoisotopic (exact) mass is 196 g/mol. The second-order valence-corrected chi connectivity index (χ2v) is 5.31. The Labute approximate surface area is 87.8 Å². The molecule has 0 amide bonds. The smallest absolute Gasteiger partial charge is 0.0198 e. The predicted octanol–water partition coefficient (Wildman–Crippen LogP) is 1.91. The van der Waals surface area contributed by atoms with Gasteiger partial charge in [-0.2, -0.15) is 0 Å². The van der Waals surface area contributed by atoms with Gasteiger partial charge >= 0.3 is 0 Å². The molecule has 0 spiro atoms. The summed E-state index contributed by atoms with van der Waals surface area (Å²) in [6.45, 7) is 5.61. The van der Waals surface area contributed by atoms with E-state index in [1.165, 1.54) is 32.1 Å². The first-order valence-electron chi connectivity index (χ1n) is 6.25. The van der Waals surface area contributed by atoms with E-state index in [0.717, 1.165) is 24.5 Å². The van der Waals surface area contributed by atoms with Crippen molar-refractivity contribution in [1.29, 1.82) is 0 Å². The van der Waals surface area contributed by atoms with E-state index >= 15 is 0 Å². The Bertz CT molecular complexity index is 165. The van der Waals surface area contributed by atoms with Gasteiger partial charge in [0.2, 0.25) is 0 Å². The van der Waals surface area contributed by atoms with Crippen molar-refractivity contribution in [3.63, 3.8) is 0 Å². The van der Waals surface area contributed by atoms with Gasteiger partial charge in [0.15, 0.2) is 0 Å².